The van der Waals surface area contributed by atoms with E-state index in [1.165, 1.54) is 12.1 Å². The lowest BCUT2D eigenvalue weighted by Gasteiger charge is -2.23. The fourth-order valence-electron chi connectivity index (χ4n) is 2.52. The maximum atomic E-state index is 12.7. The van der Waals surface area contributed by atoms with E-state index in [-0.39, 0.29) is 18.0 Å². The molecule has 2 aromatic carbocycles. The molecule has 0 N–H and O–H groups in total. The van der Waals surface area contributed by atoms with Crippen molar-refractivity contribution in [1.29, 1.82) is 0 Å². The Labute approximate surface area is 157 Å². The lowest BCUT2D eigenvalue weighted by Crippen LogP contribution is -2.33. The van der Waals surface area contributed by atoms with Crippen molar-refractivity contribution >= 4 is 23.2 Å². The van der Waals surface area contributed by atoms with Crippen LogP contribution in [0.15, 0.2) is 48.5 Å². The molecule has 0 fully saturated rings. The highest BCUT2D eigenvalue weighted by molar-refractivity contribution is 6.17. The van der Waals surface area contributed by atoms with Crippen LogP contribution in [0.25, 0.3) is 0 Å². The van der Waals surface area contributed by atoms with Gasteiger partial charge in [0, 0.05) is 31.1 Å². The SMILES string of the molecule is COc1ccc(CN(CCCCl)C(=O)Cc2ccc([N+](=O)[O-])cc2)cc1. The zero-order chi connectivity index (χ0) is 18.9. The summed E-state index contributed by atoms with van der Waals surface area (Å²) in [5.74, 6) is 1.20. The molecule has 0 aliphatic heterocycles. The number of rotatable bonds is 9. The summed E-state index contributed by atoms with van der Waals surface area (Å²) < 4.78 is 5.15. The molecule has 1 amide bonds. The first-order valence-corrected chi connectivity index (χ1v) is 8.77. The van der Waals surface area contributed by atoms with Crippen molar-refractivity contribution in [2.75, 3.05) is 19.5 Å². The number of halogens is 1. The number of hydrogen-bond donors (Lipinski definition) is 0. The molecule has 2 aromatic rings. The molecule has 0 aliphatic carbocycles. The Morgan fingerprint density at radius 2 is 1.73 bits per heavy atom. The first-order valence-electron chi connectivity index (χ1n) is 8.23. The van der Waals surface area contributed by atoms with Crippen molar-refractivity contribution in [3.05, 3.63) is 69.8 Å². The molecule has 0 bridgehead atoms. The summed E-state index contributed by atoms with van der Waals surface area (Å²) >= 11 is 5.78. The Kier molecular flexibility index (Phi) is 7.41. The Morgan fingerprint density at radius 3 is 2.27 bits per heavy atom. The van der Waals surface area contributed by atoms with Gasteiger partial charge in [-0.1, -0.05) is 24.3 Å². The largest absolute Gasteiger partial charge is 0.497 e. The summed E-state index contributed by atoms with van der Waals surface area (Å²) in [5.41, 5.74) is 1.75. The third-order valence-electron chi connectivity index (χ3n) is 3.95. The molecule has 138 valence electrons. The predicted molar refractivity (Wildman–Crippen MR) is 101 cm³/mol. The van der Waals surface area contributed by atoms with E-state index in [2.05, 4.69) is 0 Å². The van der Waals surface area contributed by atoms with Crippen LogP contribution >= 0.6 is 11.6 Å². The van der Waals surface area contributed by atoms with Crippen LogP contribution in [0.4, 0.5) is 5.69 Å². The van der Waals surface area contributed by atoms with Crippen molar-refractivity contribution in [3.8, 4) is 5.75 Å². The topological polar surface area (TPSA) is 72.7 Å². The number of amides is 1. The number of carbonyl (C=O) groups is 1. The average molecular weight is 377 g/mol. The van der Waals surface area contributed by atoms with E-state index < -0.39 is 4.92 Å². The highest BCUT2D eigenvalue weighted by Crippen LogP contribution is 2.16. The second-order valence-electron chi connectivity index (χ2n) is 5.81. The van der Waals surface area contributed by atoms with Crippen LogP contribution in [-0.4, -0.2) is 35.3 Å². The van der Waals surface area contributed by atoms with Gasteiger partial charge < -0.3 is 9.64 Å². The molecular weight excluding hydrogens is 356 g/mol. The van der Waals surface area contributed by atoms with Gasteiger partial charge in [0.05, 0.1) is 18.5 Å². The fraction of sp³-hybridized carbons (Fsp3) is 0.316. The van der Waals surface area contributed by atoms with E-state index >= 15 is 0 Å². The molecule has 7 heteroatoms. The van der Waals surface area contributed by atoms with Gasteiger partial charge in [0.2, 0.25) is 5.91 Å². The Bertz CT molecular complexity index is 732. The normalized spacial score (nSPS) is 10.4. The van der Waals surface area contributed by atoms with Crippen molar-refractivity contribution in [3.63, 3.8) is 0 Å². The first-order chi connectivity index (χ1) is 12.5. The third kappa shape index (κ3) is 5.74. The number of hydrogen-bond acceptors (Lipinski definition) is 4. The van der Waals surface area contributed by atoms with Crippen molar-refractivity contribution < 1.29 is 14.5 Å². The van der Waals surface area contributed by atoms with E-state index in [1.807, 2.05) is 24.3 Å². The maximum Gasteiger partial charge on any atom is 0.269 e. The van der Waals surface area contributed by atoms with Crippen LogP contribution in [-0.2, 0) is 17.8 Å². The number of nitrogens with zero attached hydrogens (tertiary/aromatic N) is 2. The van der Waals surface area contributed by atoms with Crippen LogP contribution in [0.1, 0.15) is 17.5 Å². The van der Waals surface area contributed by atoms with Crippen molar-refractivity contribution in [2.24, 2.45) is 0 Å². The molecule has 0 radical (unpaired) electrons. The van der Waals surface area contributed by atoms with E-state index in [4.69, 9.17) is 16.3 Å². The Hall–Kier alpha value is -2.60. The van der Waals surface area contributed by atoms with Crippen molar-refractivity contribution in [2.45, 2.75) is 19.4 Å². The van der Waals surface area contributed by atoms with Crippen LogP contribution in [0, 0.1) is 10.1 Å². The first kappa shape index (κ1) is 19.7. The van der Waals surface area contributed by atoms with Crippen LogP contribution in [0.5, 0.6) is 5.75 Å². The highest BCUT2D eigenvalue weighted by atomic mass is 35.5. The highest BCUT2D eigenvalue weighted by Gasteiger charge is 2.15. The van der Waals surface area contributed by atoms with Gasteiger partial charge in [0.15, 0.2) is 0 Å². The predicted octanol–water partition coefficient (Wildman–Crippen LogP) is 3.80. The third-order valence-corrected chi connectivity index (χ3v) is 4.22. The summed E-state index contributed by atoms with van der Waals surface area (Å²) in [7, 11) is 1.61. The van der Waals surface area contributed by atoms with Gasteiger partial charge in [-0.2, -0.15) is 0 Å². The number of ether oxygens (including phenoxy) is 1. The molecule has 0 unspecified atom stereocenters. The molecule has 0 aromatic heterocycles. The molecule has 0 atom stereocenters. The molecule has 6 nitrogen and oxygen atoms in total. The number of non-ortho nitro benzene ring substituents is 1. The standard InChI is InChI=1S/C19H21ClN2O4/c1-26-18-9-5-16(6-10-18)14-21(12-2-11-20)19(23)13-15-3-7-17(8-4-15)22(24)25/h3-10H,2,11-14H2,1H3. The number of methoxy groups -OCH3 is 1. The van der Waals surface area contributed by atoms with E-state index in [9.17, 15) is 14.9 Å². The number of nitro groups is 1. The van der Waals surface area contributed by atoms with E-state index in [1.54, 1.807) is 24.1 Å². The van der Waals surface area contributed by atoms with Gasteiger partial charge >= 0.3 is 0 Å². The molecule has 0 aliphatic rings. The molecule has 0 saturated heterocycles. The fourth-order valence-corrected chi connectivity index (χ4v) is 2.64. The van der Waals surface area contributed by atoms with Gasteiger partial charge in [-0.05, 0) is 29.7 Å². The molecule has 2 rings (SSSR count). The van der Waals surface area contributed by atoms with Crippen LogP contribution in [0.2, 0.25) is 0 Å². The second-order valence-corrected chi connectivity index (χ2v) is 6.18. The summed E-state index contributed by atoms with van der Waals surface area (Å²) in [4.78, 5) is 24.7. The minimum Gasteiger partial charge on any atom is -0.497 e. The zero-order valence-corrected chi connectivity index (χ0v) is 15.3. The number of alkyl halides is 1. The monoisotopic (exact) mass is 376 g/mol. The number of benzene rings is 2. The van der Waals surface area contributed by atoms with Gasteiger partial charge in [-0.25, -0.2) is 0 Å². The summed E-state index contributed by atoms with van der Waals surface area (Å²) in [6.07, 6.45) is 0.889. The van der Waals surface area contributed by atoms with Crippen molar-refractivity contribution in [1.82, 2.24) is 4.90 Å². The number of nitro benzene ring substituents is 1. The summed E-state index contributed by atoms with van der Waals surface area (Å²) in [6.45, 7) is 1.04. The van der Waals surface area contributed by atoms with Crippen LogP contribution in [0.3, 0.4) is 0 Å². The van der Waals surface area contributed by atoms with E-state index in [0.29, 0.717) is 25.4 Å². The molecular formula is C19H21ClN2O4. The van der Waals surface area contributed by atoms with Gasteiger partial charge in [-0.15, -0.1) is 11.6 Å². The maximum absolute atomic E-state index is 12.7. The molecule has 0 saturated carbocycles. The molecule has 26 heavy (non-hydrogen) atoms. The minimum atomic E-state index is -0.456. The van der Waals surface area contributed by atoms with E-state index in [0.717, 1.165) is 16.9 Å². The summed E-state index contributed by atoms with van der Waals surface area (Å²) in [5, 5.41) is 10.7. The Morgan fingerprint density at radius 1 is 1.12 bits per heavy atom. The lowest BCUT2D eigenvalue weighted by molar-refractivity contribution is -0.384. The Balaban J connectivity index is 2.06. The molecule has 0 heterocycles. The van der Waals surface area contributed by atoms with Crippen LogP contribution < -0.4 is 4.74 Å². The van der Waals surface area contributed by atoms with Gasteiger partial charge in [0.1, 0.15) is 5.75 Å². The number of carbonyl (C=O) groups excluding carboxylic acids is 1. The zero-order valence-electron chi connectivity index (χ0n) is 14.6. The summed E-state index contributed by atoms with van der Waals surface area (Å²) in [6, 6.07) is 13.6. The van der Waals surface area contributed by atoms with Gasteiger partial charge in [0.25, 0.3) is 5.69 Å². The average Bonchev–Trinajstić information content (AvgIpc) is 2.66. The molecule has 0 spiro atoms. The smallest absolute Gasteiger partial charge is 0.269 e. The minimum absolute atomic E-state index is 0.0124. The second kappa shape index (κ2) is 9.77. The quantitative estimate of drug-likeness (QED) is 0.379. The van der Waals surface area contributed by atoms with Gasteiger partial charge in [-0.3, -0.25) is 14.9 Å². The lowest BCUT2D eigenvalue weighted by atomic mass is 10.1.